The van der Waals surface area contributed by atoms with Gasteiger partial charge in [0, 0.05) is 6.04 Å². The molecule has 1 aromatic rings. The fourth-order valence-electron chi connectivity index (χ4n) is 1.88. The number of urea groups is 1. The van der Waals surface area contributed by atoms with Crippen molar-refractivity contribution in [3.63, 3.8) is 0 Å². The van der Waals surface area contributed by atoms with Crippen LogP contribution in [0.5, 0.6) is 0 Å². The van der Waals surface area contributed by atoms with Crippen LogP contribution in [0.3, 0.4) is 0 Å². The highest BCUT2D eigenvalue weighted by Gasteiger charge is 2.30. The van der Waals surface area contributed by atoms with E-state index in [-0.39, 0.29) is 24.5 Å². The first-order valence-electron chi connectivity index (χ1n) is 5.31. The van der Waals surface area contributed by atoms with E-state index < -0.39 is 0 Å². The Hall–Kier alpha value is -1.84. The molecule has 2 rings (SSSR count). The molecule has 1 aliphatic rings. The highest BCUT2D eigenvalue weighted by Crippen LogP contribution is 2.11. The minimum Gasteiger partial charge on any atom is -0.312 e. The standard InChI is InChI=1S/C12H14N2O2/c1-9(7-10-5-3-2-4-6-10)14-8-11(15)13-12(14)16/h2-6,9H,7-8H2,1H3,(H,13,15,16). The number of benzene rings is 1. The molecule has 1 atom stereocenters. The molecule has 1 aliphatic heterocycles. The molecule has 3 amide bonds. The molecule has 16 heavy (non-hydrogen) atoms. The molecule has 1 unspecified atom stereocenters. The number of rotatable bonds is 3. The Balaban J connectivity index is 2.01. The maximum Gasteiger partial charge on any atom is 0.324 e. The first-order chi connectivity index (χ1) is 7.66. The molecule has 1 N–H and O–H groups in total. The molecule has 4 heteroatoms. The summed E-state index contributed by atoms with van der Waals surface area (Å²) in [5.41, 5.74) is 1.17. The Bertz CT molecular complexity index is 403. The summed E-state index contributed by atoms with van der Waals surface area (Å²) in [4.78, 5) is 24.0. The van der Waals surface area contributed by atoms with E-state index in [0.29, 0.717) is 0 Å². The van der Waals surface area contributed by atoms with E-state index in [9.17, 15) is 9.59 Å². The average molecular weight is 218 g/mol. The lowest BCUT2D eigenvalue weighted by Crippen LogP contribution is -2.37. The van der Waals surface area contributed by atoms with Crippen molar-refractivity contribution in [1.82, 2.24) is 10.2 Å². The number of carbonyl (C=O) groups excluding carboxylic acids is 2. The van der Waals surface area contributed by atoms with Crippen molar-refractivity contribution < 1.29 is 9.59 Å². The van der Waals surface area contributed by atoms with E-state index in [4.69, 9.17) is 0 Å². The molecule has 4 nitrogen and oxygen atoms in total. The number of imide groups is 1. The highest BCUT2D eigenvalue weighted by molar-refractivity contribution is 6.02. The summed E-state index contributed by atoms with van der Waals surface area (Å²) in [5, 5.41) is 2.28. The Morgan fingerprint density at radius 1 is 1.31 bits per heavy atom. The second kappa shape index (κ2) is 4.35. The molecule has 0 bridgehead atoms. The molecule has 0 spiro atoms. The normalized spacial score (nSPS) is 17.4. The number of nitrogens with one attached hydrogen (secondary N) is 1. The summed E-state index contributed by atoms with van der Waals surface area (Å²) in [6, 6.07) is 9.69. The lowest BCUT2D eigenvalue weighted by atomic mass is 10.1. The van der Waals surface area contributed by atoms with Gasteiger partial charge in [-0.25, -0.2) is 4.79 Å². The molecule has 1 fully saturated rings. The van der Waals surface area contributed by atoms with Gasteiger partial charge >= 0.3 is 6.03 Å². The van der Waals surface area contributed by atoms with Gasteiger partial charge in [0.05, 0.1) is 0 Å². The zero-order valence-corrected chi connectivity index (χ0v) is 9.14. The fourth-order valence-corrected chi connectivity index (χ4v) is 1.88. The third-order valence-corrected chi connectivity index (χ3v) is 2.73. The Morgan fingerprint density at radius 3 is 2.56 bits per heavy atom. The third kappa shape index (κ3) is 2.21. The van der Waals surface area contributed by atoms with Crippen LogP contribution in [0.25, 0.3) is 0 Å². The van der Waals surface area contributed by atoms with Gasteiger partial charge < -0.3 is 4.90 Å². The van der Waals surface area contributed by atoms with Crippen LogP contribution < -0.4 is 5.32 Å². The Labute approximate surface area is 94.2 Å². The van der Waals surface area contributed by atoms with Gasteiger partial charge in [-0.1, -0.05) is 30.3 Å². The average Bonchev–Trinajstić information content (AvgIpc) is 2.59. The number of nitrogens with zero attached hydrogens (tertiary/aromatic N) is 1. The second-order valence-corrected chi connectivity index (χ2v) is 4.02. The van der Waals surface area contributed by atoms with Crippen molar-refractivity contribution in [2.75, 3.05) is 6.54 Å². The summed E-state index contributed by atoms with van der Waals surface area (Å²) in [6.45, 7) is 2.12. The van der Waals surface area contributed by atoms with Crippen molar-refractivity contribution in [3.05, 3.63) is 35.9 Å². The molecule has 1 heterocycles. The molecular weight excluding hydrogens is 204 g/mol. The number of hydrogen-bond acceptors (Lipinski definition) is 2. The molecule has 0 saturated carbocycles. The van der Waals surface area contributed by atoms with Crippen LogP contribution in [-0.4, -0.2) is 29.4 Å². The molecular formula is C12H14N2O2. The largest absolute Gasteiger partial charge is 0.324 e. The van der Waals surface area contributed by atoms with E-state index >= 15 is 0 Å². The van der Waals surface area contributed by atoms with Gasteiger partial charge in [0.2, 0.25) is 5.91 Å². The topological polar surface area (TPSA) is 49.4 Å². The van der Waals surface area contributed by atoms with Crippen LogP contribution in [0.2, 0.25) is 0 Å². The molecule has 1 saturated heterocycles. The van der Waals surface area contributed by atoms with Gasteiger partial charge in [-0.05, 0) is 18.9 Å². The Morgan fingerprint density at radius 2 is 2.00 bits per heavy atom. The van der Waals surface area contributed by atoms with Crippen molar-refractivity contribution in [3.8, 4) is 0 Å². The van der Waals surface area contributed by atoms with E-state index in [2.05, 4.69) is 5.32 Å². The van der Waals surface area contributed by atoms with E-state index in [1.165, 1.54) is 5.56 Å². The van der Waals surface area contributed by atoms with Crippen LogP contribution >= 0.6 is 0 Å². The first kappa shape index (κ1) is 10.7. The van der Waals surface area contributed by atoms with Crippen LogP contribution in [0.15, 0.2) is 30.3 Å². The zero-order chi connectivity index (χ0) is 11.5. The summed E-state index contributed by atoms with van der Waals surface area (Å²) in [6.07, 6.45) is 0.765. The quantitative estimate of drug-likeness (QED) is 0.774. The maximum absolute atomic E-state index is 11.4. The van der Waals surface area contributed by atoms with Crippen molar-refractivity contribution >= 4 is 11.9 Å². The van der Waals surface area contributed by atoms with Gasteiger partial charge in [-0.3, -0.25) is 10.1 Å². The van der Waals surface area contributed by atoms with Crippen molar-refractivity contribution in [2.45, 2.75) is 19.4 Å². The minimum atomic E-state index is -0.284. The lowest BCUT2D eigenvalue weighted by Gasteiger charge is -2.22. The summed E-state index contributed by atoms with van der Waals surface area (Å²) >= 11 is 0. The third-order valence-electron chi connectivity index (χ3n) is 2.73. The van der Waals surface area contributed by atoms with Gasteiger partial charge in [-0.2, -0.15) is 0 Å². The molecule has 0 radical (unpaired) electrons. The van der Waals surface area contributed by atoms with E-state index in [1.54, 1.807) is 4.90 Å². The summed E-state index contributed by atoms with van der Waals surface area (Å²) < 4.78 is 0. The molecule has 1 aromatic carbocycles. The Kier molecular flexibility index (Phi) is 2.90. The van der Waals surface area contributed by atoms with Crippen molar-refractivity contribution in [1.29, 1.82) is 0 Å². The number of amides is 3. The number of hydrogen-bond donors (Lipinski definition) is 1. The second-order valence-electron chi connectivity index (χ2n) is 4.02. The molecule has 0 aliphatic carbocycles. The van der Waals surface area contributed by atoms with E-state index in [0.717, 1.165) is 6.42 Å². The first-order valence-corrected chi connectivity index (χ1v) is 5.31. The SMILES string of the molecule is CC(Cc1ccccc1)N1CC(=O)NC1=O. The van der Waals surface area contributed by atoms with E-state index in [1.807, 2.05) is 37.3 Å². The predicted octanol–water partition coefficient (Wildman–Crippen LogP) is 1.17. The van der Waals surface area contributed by atoms with Gasteiger partial charge in [0.15, 0.2) is 0 Å². The monoisotopic (exact) mass is 218 g/mol. The van der Waals surface area contributed by atoms with Crippen molar-refractivity contribution in [2.24, 2.45) is 0 Å². The lowest BCUT2D eigenvalue weighted by molar-refractivity contribution is -0.118. The zero-order valence-electron chi connectivity index (χ0n) is 9.14. The number of carbonyl (C=O) groups is 2. The van der Waals surface area contributed by atoms with Crippen LogP contribution in [0.4, 0.5) is 4.79 Å². The minimum absolute atomic E-state index is 0.0360. The summed E-state index contributed by atoms with van der Waals surface area (Å²) in [5.74, 6) is -0.218. The van der Waals surface area contributed by atoms with Gasteiger partial charge in [0.25, 0.3) is 0 Å². The molecule has 0 aromatic heterocycles. The van der Waals surface area contributed by atoms with Crippen LogP contribution in [0.1, 0.15) is 12.5 Å². The van der Waals surface area contributed by atoms with Gasteiger partial charge in [-0.15, -0.1) is 0 Å². The fraction of sp³-hybridized carbons (Fsp3) is 0.333. The maximum atomic E-state index is 11.4. The van der Waals surface area contributed by atoms with Gasteiger partial charge in [0.1, 0.15) is 6.54 Å². The smallest absolute Gasteiger partial charge is 0.312 e. The van der Waals surface area contributed by atoms with Crippen LogP contribution in [-0.2, 0) is 11.2 Å². The summed E-state index contributed by atoms with van der Waals surface area (Å²) in [7, 11) is 0. The highest BCUT2D eigenvalue weighted by atomic mass is 16.2. The predicted molar refractivity (Wildman–Crippen MR) is 59.9 cm³/mol. The molecule has 84 valence electrons. The van der Waals surface area contributed by atoms with Crippen LogP contribution in [0, 0.1) is 0 Å².